The first-order valence-corrected chi connectivity index (χ1v) is 8.77. The highest BCUT2D eigenvalue weighted by molar-refractivity contribution is 5.28. The van der Waals surface area contributed by atoms with Crippen molar-refractivity contribution in [3.05, 3.63) is 70.8 Å². The van der Waals surface area contributed by atoms with Gasteiger partial charge in [0.15, 0.2) is 0 Å². The normalized spacial score (nSPS) is 22.2. The van der Waals surface area contributed by atoms with Gasteiger partial charge in [0.25, 0.3) is 0 Å². The summed E-state index contributed by atoms with van der Waals surface area (Å²) in [6.07, 6.45) is 2.19. The van der Waals surface area contributed by atoms with Crippen LogP contribution in [0.15, 0.2) is 48.5 Å². The first-order valence-electron chi connectivity index (χ1n) is 8.77. The number of piperidine rings is 1. The van der Waals surface area contributed by atoms with E-state index in [0.717, 1.165) is 32.5 Å². The summed E-state index contributed by atoms with van der Waals surface area (Å²) in [5.41, 5.74) is 12.0. The lowest BCUT2D eigenvalue weighted by molar-refractivity contribution is 0.181. The third-order valence-electron chi connectivity index (χ3n) is 5.07. The number of hydrogen-bond acceptors (Lipinski definition) is 2. The Morgan fingerprint density at radius 2 is 1.78 bits per heavy atom. The van der Waals surface area contributed by atoms with E-state index in [1.165, 1.54) is 22.3 Å². The van der Waals surface area contributed by atoms with Gasteiger partial charge in [-0.15, -0.1) is 0 Å². The highest BCUT2D eigenvalue weighted by Gasteiger charge is 2.26. The fraction of sp³-hybridized carbons (Fsp3) is 0.429. The van der Waals surface area contributed by atoms with Crippen molar-refractivity contribution in [2.24, 2.45) is 5.73 Å². The van der Waals surface area contributed by atoms with Gasteiger partial charge in [-0.25, -0.2) is 0 Å². The highest BCUT2D eigenvalue weighted by atomic mass is 15.1. The monoisotopic (exact) mass is 308 g/mol. The maximum atomic E-state index is 6.36. The number of likely N-dealkylation sites (tertiary alicyclic amines) is 1. The largest absolute Gasteiger partial charge is 0.327 e. The summed E-state index contributed by atoms with van der Waals surface area (Å²) in [6.45, 7) is 7.50. The van der Waals surface area contributed by atoms with Gasteiger partial charge in [-0.3, -0.25) is 4.90 Å². The Morgan fingerprint density at radius 1 is 1.04 bits per heavy atom. The first-order chi connectivity index (χ1) is 11.2. The van der Waals surface area contributed by atoms with Crippen LogP contribution < -0.4 is 5.73 Å². The molecule has 2 aromatic rings. The van der Waals surface area contributed by atoms with E-state index < -0.39 is 0 Å². The van der Waals surface area contributed by atoms with Crippen LogP contribution in [-0.2, 0) is 13.0 Å². The minimum atomic E-state index is 0.267. The Bertz CT molecular complexity index is 633. The molecule has 1 fully saturated rings. The molecule has 0 spiro atoms. The molecule has 1 aliphatic heterocycles. The predicted octanol–water partition coefficient (Wildman–Crippen LogP) is 3.87. The van der Waals surface area contributed by atoms with Gasteiger partial charge in [0.2, 0.25) is 0 Å². The van der Waals surface area contributed by atoms with Crippen molar-refractivity contribution < 1.29 is 0 Å². The minimum absolute atomic E-state index is 0.267. The molecule has 0 radical (unpaired) electrons. The number of aryl methyl sites for hydroxylation is 2. The molecular weight excluding hydrogens is 280 g/mol. The quantitative estimate of drug-likeness (QED) is 0.929. The Labute approximate surface area is 140 Å². The summed E-state index contributed by atoms with van der Waals surface area (Å²) in [6, 6.07) is 18.1. The second-order valence-electron chi connectivity index (χ2n) is 6.91. The Kier molecular flexibility index (Phi) is 5.14. The maximum Gasteiger partial charge on any atom is 0.0237 e. The fourth-order valence-corrected chi connectivity index (χ4v) is 3.66. The fourth-order valence-electron chi connectivity index (χ4n) is 3.66. The van der Waals surface area contributed by atoms with Crippen molar-refractivity contribution >= 4 is 0 Å². The van der Waals surface area contributed by atoms with Gasteiger partial charge in [0, 0.05) is 25.7 Å². The molecule has 0 saturated carbocycles. The number of nitrogens with two attached hydrogens (primary N) is 1. The highest BCUT2D eigenvalue weighted by Crippen LogP contribution is 2.28. The van der Waals surface area contributed by atoms with Crippen molar-refractivity contribution in [2.75, 3.05) is 13.1 Å². The average molecular weight is 308 g/mol. The molecule has 0 bridgehead atoms. The average Bonchev–Trinajstić information content (AvgIpc) is 2.56. The van der Waals surface area contributed by atoms with Crippen LogP contribution in [0.1, 0.15) is 41.5 Å². The number of rotatable bonds is 4. The smallest absolute Gasteiger partial charge is 0.0237 e. The van der Waals surface area contributed by atoms with E-state index in [1.54, 1.807) is 0 Å². The summed E-state index contributed by atoms with van der Waals surface area (Å²) < 4.78 is 0. The zero-order valence-electron chi connectivity index (χ0n) is 14.3. The second kappa shape index (κ2) is 7.29. The summed E-state index contributed by atoms with van der Waals surface area (Å²) in [4.78, 5) is 2.52. The van der Waals surface area contributed by atoms with Crippen molar-refractivity contribution in [2.45, 2.75) is 45.2 Å². The third kappa shape index (κ3) is 4.01. The lowest BCUT2D eigenvalue weighted by Gasteiger charge is -2.37. The topological polar surface area (TPSA) is 29.3 Å². The molecule has 23 heavy (non-hydrogen) atoms. The molecular formula is C21H28N2. The zero-order valence-corrected chi connectivity index (χ0v) is 14.3. The Morgan fingerprint density at radius 3 is 2.48 bits per heavy atom. The van der Waals surface area contributed by atoms with Gasteiger partial charge in [-0.1, -0.05) is 55.5 Å². The molecule has 1 heterocycles. The maximum absolute atomic E-state index is 6.36. The Balaban J connectivity index is 1.72. The lowest BCUT2D eigenvalue weighted by Crippen LogP contribution is -2.45. The van der Waals surface area contributed by atoms with Gasteiger partial charge < -0.3 is 5.73 Å². The van der Waals surface area contributed by atoms with Crippen molar-refractivity contribution in [1.82, 2.24) is 4.90 Å². The number of hydrogen-bond donors (Lipinski definition) is 1. The molecule has 2 heteroatoms. The predicted molar refractivity (Wildman–Crippen MR) is 97.6 cm³/mol. The lowest BCUT2D eigenvalue weighted by atomic mass is 9.87. The van der Waals surface area contributed by atoms with Gasteiger partial charge in [0.1, 0.15) is 0 Å². The van der Waals surface area contributed by atoms with E-state index in [1.807, 2.05) is 0 Å². The molecule has 0 aliphatic carbocycles. The van der Waals surface area contributed by atoms with E-state index in [9.17, 15) is 0 Å². The van der Waals surface area contributed by atoms with Crippen molar-refractivity contribution in [3.63, 3.8) is 0 Å². The van der Waals surface area contributed by atoms with E-state index in [0.29, 0.717) is 5.92 Å². The van der Waals surface area contributed by atoms with Crippen LogP contribution in [0.4, 0.5) is 0 Å². The van der Waals surface area contributed by atoms with Crippen LogP contribution in [0.5, 0.6) is 0 Å². The number of benzene rings is 2. The Hall–Kier alpha value is -1.64. The SMILES string of the molecule is CCc1ccc(C2CC(N)CN(Cc3ccccc3C)C2)cc1. The van der Waals surface area contributed by atoms with Gasteiger partial charge in [-0.05, 0) is 47.9 Å². The van der Waals surface area contributed by atoms with Crippen LogP contribution in [-0.4, -0.2) is 24.0 Å². The van der Waals surface area contributed by atoms with Crippen molar-refractivity contribution in [3.8, 4) is 0 Å². The van der Waals surface area contributed by atoms with Gasteiger partial charge >= 0.3 is 0 Å². The molecule has 2 unspecified atom stereocenters. The molecule has 2 aromatic carbocycles. The van der Waals surface area contributed by atoms with Crippen LogP contribution in [0, 0.1) is 6.92 Å². The third-order valence-corrected chi connectivity index (χ3v) is 5.07. The summed E-state index contributed by atoms with van der Waals surface area (Å²) >= 11 is 0. The molecule has 0 aromatic heterocycles. The first kappa shape index (κ1) is 16.2. The summed E-state index contributed by atoms with van der Waals surface area (Å²) in [5.74, 6) is 0.550. The standard InChI is InChI=1S/C21H28N2/c1-3-17-8-10-18(11-9-17)20-12-21(22)15-23(14-20)13-19-7-5-4-6-16(19)2/h4-11,20-21H,3,12-15,22H2,1-2H3. The molecule has 1 aliphatic rings. The van der Waals surface area contributed by atoms with Crippen LogP contribution in [0.25, 0.3) is 0 Å². The molecule has 0 amide bonds. The summed E-state index contributed by atoms with van der Waals surface area (Å²) in [5, 5.41) is 0. The molecule has 2 N–H and O–H groups in total. The number of nitrogens with zero attached hydrogens (tertiary/aromatic N) is 1. The molecule has 3 rings (SSSR count). The van der Waals surface area contributed by atoms with Gasteiger partial charge in [0.05, 0.1) is 0 Å². The second-order valence-corrected chi connectivity index (χ2v) is 6.91. The molecule has 122 valence electrons. The summed E-state index contributed by atoms with van der Waals surface area (Å²) in [7, 11) is 0. The molecule has 2 atom stereocenters. The molecule has 1 saturated heterocycles. The van der Waals surface area contributed by atoms with E-state index >= 15 is 0 Å². The van der Waals surface area contributed by atoms with Gasteiger partial charge in [-0.2, -0.15) is 0 Å². The van der Waals surface area contributed by atoms with Crippen molar-refractivity contribution in [1.29, 1.82) is 0 Å². The van der Waals surface area contributed by atoms with Crippen LogP contribution in [0.3, 0.4) is 0 Å². The van der Waals surface area contributed by atoms with Crippen LogP contribution >= 0.6 is 0 Å². The zero-order chi connectivity index (χ0) is 16.2. The molecule has 2 nitrogen and oxygen atoms in total. The van der Waals surface area contributed by atoms with E-state index in [-0.39, 0.29) is 6.04 Å². The van der Waals surface area contributed by atoms with E-state index in [2.05, 4.69) is 67.3 Å². The van der Waals surface area contributed by atoms with E-state index in [4.69, 9.17) is 5.73 Å². The van der Waals surface area contributed by atoms with Crippen LogP contribution in [0.2, 0.25) is 0 Å². The minimum Gasteiger partial charge on any atom is -0.327 e.